The number of rotatable bonds is 4. The van der Waals surface area contributed by atoms with Crippen molar-refractivity contribution in [3.05, 3.63) is 30.6 Å². The molecule has 1 atom stereocenters. The van der Waals surface area contributed by atoms with E-state index in [0.717, 1.165) is 23.5 Å². The summed E-state index contributed by atoms with van der Waals surface area (Å²) in [7, 11) is 1.96. The number of carbonyl (C=O) groups excluding carboxylic acids is 1. The SMILES string of the molecule is CC(Sc1ncc2ccccn12)C(=O)N(C)C1CCCCC1. The van der Waals surface area contributed by atoms with Crippen LogP contribution in [0.5, 0.6) is 0 Å². The van der Waals surface area contributed by atoms with Crippen molar-refractivity contribution in [3.63, 3.8) is 0 Å². The molecule has 2 heterocycles. The van der Waals surface area contributed by atoms with Gasteiger partial charge in [0.25, 0.3) is 0 Å². The molecule has 1 saturated carbocycles. The smallest absolute Gasteiger partial charge is 0.235 e. The summed E-state index contributed by atoms with van der Waals surface area (Å²) in [4.78, 5) is 19.1. The lowest BCUT2D eigenvalue weighted by Gasteiger charge is -2.32. The van der Waals surface area contributed by atoms with Crippen LogP contribution in [-0.4, -0.2) is 38.5 Å². The van der Waals surface area contributed by atoms with Gasteiger partial charge < -0.3 is 4.90 Å². The third-order valence-electron chi connectivity index (χ3n) is 4.50. The highest BCUT2D eigenvalue weighted by atomic mass is 32.2. The molecule has 118 valence electrons. The average Bonchev–Trinajstić information content (AvgIpc) is 2.97. The Kier molecular flexibility index (Phi) is 4.71. The monoisotopic (exact) mass is 317 g/mol. The lowest BCUT2D eigenvalue weighted by atomic mass is 9.94. The number of amides is 1. The summed E-state index contributed by atoms with van der Waals surface area (Å²) >= 11 is 1.54. The topological polar surface area (TPSA) is 37.6 Å². The first-order valence-corrected chi connectivity index (χ1v) is 8.90. The van der Waals surface area contributed by atoms with Crippen LogP contribution in [-0.2, 0) is 4.79 Å². The predicted molar refractivity (Wildman–Crippen MR) is 90.2 cm³/mol. The highest BCUT2D eigenvalue weighted by molar-refractivity contribution is 8.00. The summed E-state index contributed by atoms with van der Waals surface area (Å²) in [6.45, 7) is 1.98. The first-order valence-electron chi connectivity index (χ1n) is 8.02. The largest absolute Gasteiger partial charge is 0.342 e. The summed E-state index contributed by atoms with van der Waals surface area (Å²) in [5, 5.41) is 0.770. The van der Waals surface area contributed by atoms with Crippen molar-refractivity contribution >= 4 is 23.2 Å². The Morgan fingerprint density at radius 2 is 2.14 bits per heavy atom. The molecule has 0 bridgehead atoms. The molecule has 1 aliphatic carbocycles. The number of hydrogen-bond acceptors (Lipinski definition) is 3. The molecule has 1 amide bonds. The Labute approximate surface area is 135 Å². The molecule has 2 aromatic heterocycles. The third-order valence-corrected chi connectivity index (χ3v) is 5.57. The van der Waals surface area contributed by atoms with Crippen molar-refractivity contribution in [3.8, 4) is 0 Å². The Hall–Kier alpha value is -1.49. The highest BCUT2D eigenvalue weighted by Crippen LogP contribution is 2.27. The van der Waals surface area contributed by atoms with E-state index in [1.165, 1.54) is 19.3 Å². The molecule has 0 spiro atoms. The molecule has 0 aliphatic heterocycles. The zero-order chi connectivity index (χ0) is 15.5. The van der Waals surface area contributed by atoms with Crippen molar-refractivity contribution in [2.75, 3.05) is 7.05 Å². The molecule has 4 nitrogen and oxygen atoms in total. The number of fused-ring (bicyclic) bond motifs is 1. The molecule has 1 aliphatic rings. The van der Waals surface area contributed by atoms with Gasteiger partial charge in [0.2, 0.25) is 5.91 Å². The van der Waals surface area contributed by atoms with Gasteiger partial charge in [-0.2, -0.15) is 0 Å². The summed E-state index contributed by atoms with van der Waals surface area (Å²) < 4.78 is 2.04. The maximum absolute atomic E-state index is 12.7. The first-order chi connectivity index (χ1) is 10.7. The minimum atomic E-state index is -0.113. The van der Waals surface area contributed by atoms with E-state index in [1.807, 2.05) is 53.9 Å². The van der Waals surface area contributed by atoms with Gasteiger partial charge in [0.05, 0.1) is 17.0 Å². The van der Waals surface area contributed by atoms with Crippen LogP contribution in [0.2, 0.25) is 0 Å². The number of aromatic nitrogens is 2. The van der Waals surface area contributed by atoms with Crippen LogP contribution in [0.25, 0.3) is 5.52 Å². The van der Waals surface area contributed by atoms with Crippen LogP contribution in [0.15, 0.2) is 35.7 Å². The summed E-state index contributed by atoms with van der Waals surface area (Å²) in [5.74, 6) is 0.213. The number of thioether (sulfide) groups is 1. The van der Waals surface area contributed by atoms with Gasteiger partial charge in [0, 0.05) is 19.3 Å². The predicted octanol–water partition coefficient (Wildman–Crippen LogP) is 3.61. The van der Waals surface area contributed by atoms with Gasteiger partial charge in [0.1, 0.15) is 0 Å². The summed E-state index contributed by atoms with van der Waals surface area (Å²) in [5.41, 5.74) is 1.06. The van der Waals surface area contributed by atoms with Crippen LogP contribution in [0.3, 0.4) is 0 Å². The third kappa shape index (κ3) is 3.14. The van der Waals surface area contributed by atoms with Gasteiger partial charge in [0.15, 0.2) is 5.16 Å². The van der Waals surface area contributed by atoms with E-state index in [9.17, 15) is 4.79 Å². The molecular weight excluding hydrogens is 294 g/mol. The minimum absolute atomic E-state index is 0.113. The maximum atomic E-state index is 12.7. The Morgan fingerprint density at radius 3 is 2.91 bits per heavy atom. The second-order valence-electron chi connectivity index (χ2n) is 6.04. The lowest BCUT2D eigenvalue weighted by Crippen LogP contribution is -2.42. The molecule has 0 aromatic carbocycles. The van der Waals surface area contributed by atoms with Crippen LogP contribution in [0, 0.1) is 0 Å². The van der Waals surface area contributed by atoms with Crippen LogP contribution in [0.1, 0.15) is 39.0 Å². The van der Waals surface area contributed by atoms with E-state index >= 15 is 0 Å². The van der Waals surface area contributed by atoms with Gasteiger partial charge in [-0.25, -0.2) is 4.98 Å². The summed E-state index contributed by atoms with van der Waals surface area (Å²) in [6.07, 6.45) is 9.93. The van der Waals surface area contributed by atoms with Crippen molar-refractivity contribution in [2.24, 2.45) is 0 Å². The minimum Gasteiger partial charge on any atom is -0.342 e. The van der Waals surface area contributed by atoms with Crippen molar-refractivity contribution < 1.29 is 4.79 Å². The van der Waals surface area contributed by atoms with E-state index < -0.39 is 0 Å². The van der Waals surface area contributed by atoms with Crippen LogP contribution < -0.4 is 0 Å². The first kappa shape index (κ1) is 15.4. The lowest BCUT2D eigenvalue weighted by molar-refractivity contribution is -0.131. The van der Waals surface area contributed by atoms with Gasteiger partial charge in [-0.3, -0.25) is 9.20 Å². The van der Waals surface area contributed by atoms with Crippen molar-refractivity contribution in [1.82, 2.24) is 14.3 Å². The molecule has 22 heavy (non-hydrogen) atoms. The zero-order valence-corrected chi connectivity index (χ0v) is 14.1. The van der Waals surface area contributed by atoms with Gasteiger partial charge in [-0.1, -0.05) is 37.1 Å². The van der Waals surface area contributed by atoms with Crippen molar-refractivity contribution in [1.29, 1.82) is 0 Å². The average molecular weight is 317 g/mol. The van der Waals surface area contributed by atoms with E-state index in [1.54, 1.807) is 11.8 Å². The number of hydrogen-bond donors (Lipinski definition) is 0. The normalized spacial score (nSPS) is 17.5. The Morgan fingerprint density at radius 1 is 1.36 bits per heavy atom. The molecule has 3 rings (SSSR count). The second-order valence-corrected chi connectivity index (χ2v) is 7.35. The second kappa shape index (κ2) is 6.73. The van der Waals surface area contributed by atoms with Crippen LogP contribution >= 0.6 is 11.8 Å². The zero-order valence-electron chi connectivity index (χ0n) is 13.2. The molecule has 1 fully saturated rings. The van der Waals surface area contributed by atoms with Gasteiger partial charge in [-0.05, 0) is 31.9 Å². The van der Waals surface area contributed by atoms with Crippen LogP contribution in [0.4, 0.5) is 0 Å². The van der Waals surface area contributed by atoms with Crippen molar-refractivity contribution in [2.45, 2.75) is 55.5 Å². The summed E-state index contributed by atoms with van der Waals surface area (Å²) in [6, 6.07) is 6.43. The molecule has 0 saturated heterocycles. The maximum Gasteiger partial charge on any atom is 0.235 e. The molecule has 0 N–H and O–H groups in total. The van der Waals surface area contributed by atoms with E-state index in [2.05, 4.69) is 4.98 Å². The quantitative estimate of drug-likeness (QED) is 0.809. The fourth-order valence-corrected chi connectivity index (χ4v) is 4.13. The number of pyridine rings is 1. The number of imidazole rings is 1. The molecule has 1 unspecified atom stereocenters. The van der Waals surface area contributed by atoms with Gasteiger partial charge in [-0.15, -0.1) is 0 Å². The van der Waals surface area contributed by atoms with Gasteiger partial charge >= 0.3 is 0 Å². The molecule has 2 aromatic rings. The molecular formula is C17H23N3OS. The highest BCUT2D eigenvalue weighted by Gasteiger charge is 2.26. The van der Waals surface area contributed by atoms with E-state index in [-0.39, 0.29) is 11.2 Å². The Balaban J connectivity index is 1.68. The number of nitrogens with zero attached hydrogens (tertiary/aromatic N) is 3. The fraction of sp³-hybridized carbons (Fsp3) is 0.529. The van der Waals surface area contributed by atoms with E-state index in [4.69, 9.17) is 0 Å². The molecule has 5 heteroatoms. The Bertz CT molecular complexity index is 648. The molecule has 0 radical (unpaired) electrons. The number of carbonyl (C=O) groups is 1. The van der Waals surface area contributed by atoms with E-state index in [0.29, 0.717) is 6.04 Å². The standard InChI is InChI=1S/C17H23N3OS/c1-13(16(21)19(2)14-8-4-3-5-9-14)22-17-18-12-15-10-6-7-11-20(15)17/h6-7,10-14H,3-5,8-9H2,1-2H3. The fourth-order valence-electron chi connectivity index (χ4n) is 3.15.